The molecule has 34 nitrogen and oxygen atoms in total. The van der Waals surface area contributed by atoms with Gasteiger partial charge in [-0.1, -0.05) is 118 Å². The minimum absolute atomic E-state index is 0.0217. The van der Waals surface area contributed by atoms with Gasteiger partial charge in [0.1, 0.15) is 0 Å². The monoisotopic (exact) mass is 1660 g/mol. The number of nitrogens with one attached hydrogen (secondary N) is 7. The Morgan fingerprint density at radius 2 is 0.465 bits per heavy atom. The second-order valence-electron chi connectivity index (χ2n) is 31.2. The number of carboxylic acid groups (broad SMARTS) is 1. The van der Waals surface area contributed by atoms with Crippen LogP contribution in [0.4, 0.5) is 0 Å². The van der Waals surface area contributed by atoms with Gasteiger partial charge in [0.15, 0.2) is 0 Å². The first-order valence-electron chi connectivity index (χ1n) is 40.4. The summed E-state index contributed by atoms with van der Waals surface area (Å²) in [6.45, 7) is 59.5. The lowest BCUT2D eigenvalue weighted by atomic mass is 9.96. The van der Waals surface area contributed by atoms with Gasteiger partial charge in [-0.2, -0.15) is 0 Å². The molecule has 0 fully saturated rings. The van der Waals surface area contributed by atoms with Crippen LogP contribution >= 0.6 is 0 Å². The Labute approximate surface area is 686 Å². The molecule has 0 aliphatic rings. The molecule has 114 heavy (non-hydrogen) atoms. The van der Waals surface area contributed by atoms with Crippen LogP contribution in [-0.4, -0.2) is 342 Å². The number of methoxy groups -OCH3 is 1. The minimum atomic E-state index is -0.757. The Kier molecular flexibility index (Phi) is 88.2. The van der Waals surface area contributed by atoms with Gasteiger partial charge >= 0.3 is 5.97 Å². The third-order valence-electron chi connectivity index (χ3n) is 13.6. The van der Waals surface area contributed by atoms with Crippen LogP contribution in [0.25, 0.3) is 0 Å². The average Bonchev–Trinajstić information content (AvgIpc) is 0.952. The summed E-state index contributed by atoms with van der Waals surface area (Å²) < 4.78 is 90.7. The molecule has 0 aliphatic carbocycles. The normalized spacial score (nSPS) is 11.5. The van der Waals surface area contributed by atoms with Gasteiger partial charge in [0.05, 0.1) is 217 Å². The molecule has 0 saturated heterocycles. The summed E-state index contributed by atoms with van der Waals surface area (Å²) in [6, 6.07) is 0. The zero-order valence-electron chi connectivity index (χ0n) is 74.8. The molecular weight excluding hydrogens is 1490 g/mol. The molecule has 6 amide bonds. The number of rotatable bonds is 65. The van der Waals surface area contributed by atoms with Crippen LogP contribution in [-0.2, 0) is 114 Å². The van der Waals surface area contributed by atoms with Crippen LogP contribution in [0.15, 0.2) is 0 Å². The second-order valence-corrected chi connectivity index (χ2v) is 31.2. The summed E-state index contributed by atoms with van der Waals surface area (Å²) in [5.74, 6) is -0.662. The lowest BCUT2D eigenvalue weighted by Gasteiger charge is -2.17. The number of hydrogen-bond donors (Lipinski definition) is 10. The van der Waals surface area contributed by atoms with Gasteiger partial charge in [0, 0.05) is 113 Å². The van der Waals surface area contributed by atoms with E-state index in [4.69, 9.17) is 96.5 Å². The van der Waals surface area contributed by atoms with E-state index in [-0.39, 0.29) is 70.1 Å². The predicted molar refractivity (Wildman–Crippen MR) is 442 cm³/mol. The van der Waals surface area contributed by atoms with Crippen LogP contribution in [0, 0.1) is 32.5 Å². The molecule has 0 bridgehead atoms. The maximum Gasteiger partial charge on any atom is 0.308 e. The number of carbonyl (C=O) groups is 7. The molecule has 11 N–H and O–H groups in total. The van der Waals surface area contributed by atoms with Gasteiger partial charge < -0.3 is 134 Å². The van der Waals surface area contributed by atoms with Gasteiger partial charge in [-0.3, -0.25) is 33.6 Å². The van der Waals surface area contributed by atoms with Gasteiger partial charge in [-0.05, 0) is 33.6 Å². The van der Waals surface area contributed by atoms with Crippen LogP contribution < -0.4 is 43.0 Å². The Balaban J connectivity index is -0.000000362. The molecule has 0 heterocycles. The molecule has 34 heteroatoms. The summed E-state index contributed by atoms with van der Waals surface area (Å²) in [7, 11) is 1.64. The van der Waals surface area contributed by atoms with E-state index in [9.17, 15) is 33.6 Å². The number of ether oxygens (including phenoxy) is 17. The van der Waals surface area contributed by atoms with Crippen molar-refractivity contribution < 1.29 is 124 Å². The number of hydrogen-bond acceptors (Lipinski definition) is 27. The number of aliphatic hydroxyl groups is 1. The lowest BCUT2D eigenvalue weighted by Crippen LogP contribution is -2.40. The van der Waals surface area contributed by atoms with E-state index in [2.05, 4.69) is 51.1 Å². The quantitative estimate of drug-likeness (QED) is 0.0371. The van der Waals surface area contributed by atoms with Crippen molar-refractivity contribution in [3.8, 4) is 0 Å². The smallest absolute Gasteiger partial charge is 0.308 e. The third kappa shape index (κ3) is 102. The van der Waals surface area contributed by atoms with Crippen molar-refractivity contribution >= 4 is 41.4 Å². The van der Waals surface area contributed by atoms with Gasteiger partial charge in [-0.15, -0.1) is 0 Å². The summed E-state index contributed by atoms with van der Waals surface area (Å²) >= 11 is 0. The second kappa shape index (κ2) is 83.5. The summed E-state index contributed by atoms with van der Waals surface area (Å²) in [6.07, 6.45) is 2.30. The number of aliphatic carboxylic acids is 1. The molecule has 0 unspecified atom stereocenters. The summed E-state index contributed by atoms with van der Waals surface area (Å²) in [4.78, 5) is 79.0. The number of carbonyl (C=O) groups excluding carboxylic acids is 6. The molecule has 0 atom stereocenters. The fraction of sp³-hybridized carbons (Fsp3) is 0.912. The largest absolute Gasteiger partial charge is 0.481 e. The Morgan fingerprint density at radius 1 is 0.263 bits per heavy atom. The van der Waals surface area contributed by atoms with Gasteiger partial charge in [-0.25, -0.2) is 0 Å². The highest BCUT2D eigenvalue weighted by atomic mass is 16.6. The molecule has 0 aliphatic heterocycles. The van der Waals surface area contributed by atoms with E-state index in [1.54, 1.807) is 27.9 Å². The van der Waals surface area contributed by atoms with Crippen molar-refractivity contribution in [2.45, 2.75) is 158 Å². The van der Waals surface area contributed by atoms with Crippen molar-refractivity contribution in [3.05, 3.63) is 0 Å². The maximum atomic E-state index is 11.8. The lowest BCUT2D eigenvalue weighted by molar-refractivity contribution is -0.146. The van der Waals surface area contributed by atoms with Crippen LogP contribution in [0.5, 0.6) is 0 Å². The summed E-state index contributed by atoms with van der Waals surface area (Å²) in [5, 5.41) is 36.6. The topological polar surface area (TPSA) is 427 Å². The zero-order chi connectivity index (χ0) is 87.5. The molecule has 682 valence electrons. The van der Waals surface area contributed by atoms with Crippen molar-refractivity contribution in [2.24, 2.45) is 38.2 Å². The van der Waals surface area contributed by atoms with E-state index >= 15 is 0 Å². The van der Waals surface area contributed by atoms with E-state index in [0.29, 0.717) is 251 Å². The van der Waals surface area contributed by atoms with Crippen molar-refractivity contribution in [2.75, 3.05) is 291 Å². The zero-order valence-corrected chi connectivity index (χ0v) is 74.8. The standard InChI is InChI=1S/C33H66N2O14.C13H27NO5.2C10H21NO2.C9H21N3O.C5H10O2/c1-33(2,3)32(37)35-7-6-34-31(36)5-8-39-11-12-41-15-16-43-19-20-45-23-24-47-27-28-49-30-29-48-26-25-46-22-21-44-18-17-42-14-13-40-10-9-38-4;1-13(2,3)12(16)14-4-6-17-8-10-19-11-9-18-7-5-15;2*1-5-7-13-8-6-11-9(12)10(2,3)4;1-9(2,3)8(13)12-7-6-11-5-4-10;1-5(2,3)4(6)7/h5-30H2,1-4H3,(H,34,36)(H,35,37);15H,4-11H2,1-3H3,(H,14,16);2*5-8H2,1-4H3,(H,11,12);11H,4-7,10H2,1-3H3,(H,12,13);1-3H3,(H,6,7). The van der Waals surface area contributed by atoms with Crippen molar-refractivity contribution in [3.63, 3.8) is 0 Å². The molecule has 0 aromatic heterocycles. The van der Waals surface area contributed by atoms with Crippen LogP contribution in [0.3, 0.4) is 0 Å². The number of aliphatic hydroxyl groups excluding tert-OH is 1. The number of carboxylic acids is 1. The van der Waals surface area contributed by atoms with E-state index in [1.807, 2.05) is 104 Å². The summed E-state index contributed by atoms with van der Waals surface area (Å²) in [5.41, 5.74) is 3.00. The highest BCUT2D eigenvalue weighted by molar-refractivity contribution is 5.83. The highest BCUT2D eigenvalue weighted by Crippen LogP contribution is 2.15. The fourth-order valence-corrected chi connectivity index (χ4v) is 6.70. The molecule has 0 spiro atoms. The number of nitrogens with two attached hydrogens (primary N) is 1. The number of amides is 6. The minimum Gasteiger partial charge on any atom is -0.481 e. The molecule has 0 radical (unpaired) electrons. The van der Waals surface area contributed by atoms with Gasteiger partial charge in [0.25, 0.3) is 0 Å². The van der Waals surface area contributed by atoms with Crippen LogP contribution in [0.1, 0.15) is 158 Å². The Morgan fingerprint density at radius 3 is 0.684 bits per heavy atom. The molecule has 0 aromatic rings. The van der Waals surface area contributed by atoms with E-state index in [0.717, 1.165) is 39.1 Å². The highest BCUT2D eigenvalue weighted by Gasteiger charge is 2.24. The van der Waals surface area contributed by atoms with Crippen molar-refractivity contribution in [1.29, 1.82) is 0 Å². The van der Waals surface area contributed by atoms with Crippen molar-refractivity contribution in [1.82, 2.24) is 37.2 Å². The first-order valence-corrected chi connectivity index (χ1v) is 40.4. The molecule has 0 saturated carbocycles. The Bertz CT molecular complexity index is 2090. The predicted octanol–water partition coefficient (Wildman–Crippen LogP) is 4.64. The van der Waals surface area contributed by atoms with Crippen LogP contribution in [0.2, 0.25) is 0 Å². The SMILES string of the molecule is CC(C)(C)C(=O)NCCNCCN.CC(C)(C)C(=O)NCCOCCOCCOCCO.CC(C)(C)C(=O)O.CCCOCCNC(=O)C(C)(C)C.CCCOCCNC(=O)C(C)(C)C.COCCOCCOCCOCCOCCOCCOCCOCCOCCOCCOCCOCCC(=O)NCCNC(=O)C(C)(C)C. The van der Waals surface area contributed by atoms with E-state index < -0.39 is 16.8 Å². The molecule has 0 aromatic carbocycles. The van der Waals surface area contributed by atoms with E-state index in [1.165, 1.54) is 0 Å². The molecular formula is C80H166N8O26. The molecule has 0 rings (SSSR count). The maximum absolute atomic E-state index is 11.8. The first kappa shape index (κ1) is 120. The average molecular weight is 1660 g/mol. The van der Waals surface area contributed by atoms with Gasteiger partial charge in [0.2, 0.25) is 35.4 Å². The third-order valence-corrected chi connectivity index (χ3v) is 13.6. The Hall–Kier alpha value is -4.51. The fourth-order valence-electron chi connectivity index (χ4n) is 6.70. The first-order chi connectivity index (χ1) is 53.7.